The van der Waals surface area contributed by atoms with Crippen LogP contribution in [0.3, 0.4) is 0 Å². The van der Waals surface area contributed by atoms with E-state index in [1.165, 1.54) is 17.0 Å². The summed E-state index contributed by atoms with van der Waals surface area (Å²) in [6, 6.07) is 2.38. The fraction of sp³-hybridized carbons (Fsp3) is 0.526. The van der Waals surface area contributed by atoms with Gasteiger partial charge in [0.25, 0.3) is 0 Å². The Bertz CT molecular complexity index is 867. The molecule has 0 aliphatic heterocycles. The summed E-state index contributed by atoms with van der Waals surface area (Å²) in [4.78, 5) is 4.41. The predicted molar refractivity (Wildman–Crippen MR) is 99.6 cm³/mol. The highest BCUT2D eigenvalue weighted by Crippen LogP contribution is 2.28. The maximum absolute atomic E-state index is 4.71. The molecule has 1 atom stereocenters. The lowest BCUT2D eigenvalue weighted by Gasteiger charge is -2.17. The molecule has 3 heterocycles. The molecule has 134 valence electrons. The SMILES string of the molecule is CCCn1nc(C)c(-c2cncn2C[C@H](C)n2nc(C)cc2C)c1C. The number of hydrogen-bond acceptors (Lipinski definition) is 3. The summed E-state index contributed by atoms with van der Waals surface area (Å²) in [6.07, 6.45) is 4.93. The van der Waals surface area contributed by atoms with E-state index < -0.39 is 0 Å². The van der Waals surface area contributed by atoms with E-state index in [9.17, 15) is 0 Å². The molecule has 6 nitrogen and oxygen atoms in total. The highest BCUT2D eigenvalue weighted by molar-refractivity contribution is 5.64. The maximum Gasteiger partial charge on any atom is 0.0951 e. The predicted octanol–water partition coefficient (Wildman–Crippen LogP) is 3.85. The molecule has 0 radical (unpaired) electrons. The number of hydrogen-bond donors (Lipinski definition) is 0. The lowest BCUT2D eigenvalue weighted by molar-refractivity contribution is 0.418. The average Bonchev–Trinajstić information content (AvgIpc) is 3.19. The van der Waals surface area contributed by atoms with Gasteiger partial charge in [0.2, 0.25) is 0 Å². The molecule has 6 heteroatoms. The first-order valence-corrected chi connectivity index (χ1v) is 8.99. The van der Waals surface area contributed by atoms with Gasteiger partial charge < -0.3 is 4.57 Å². The van der Waals surface area contributed by atoms with Crippen LogP contribution < -0.4 is 0 Å². The van der Waals surface area contributed by atoms with Gasteiger partial charge in [-0.25, -0.2) is 4.98 Å². The first-order valence-electron chi connectivity index (χ1n) is 8.99. The number of aryl methyl sites for hydroxylation is 4. The molecule has 0 amide bonds. The van der Waals surface area contributed by atoms with E-state index >= 15 is 0 Å². The van der Waals surface area contributed by atoms with Crippen LogP contribution in [-0.4, -0.2) is 29.1 Å². The first-order chi connectivity index (χ1) is 11.9. The third-order valence-corrected chi connectivity index (χ3v) is 4.71. The van der Waals surface area contributed by atoms with Crippen molar-refractivity contribution in [1.29, 1.82) is 0 Å². The van der Waals surface area contributed by atoms with Crippen LogP contribution in [0.5, 0.6) is 0 Å². The van der Waals surface area contributed by atoms with Crippen molar-refractivity contribution in [3.05, 3.63) is 41.4 Å². The minimum absolute atomic E-state index is 0.257. The van der Waals surface area contributed by atoms with E-state index in [4.69, 9.17) is 5.10 Å². The van der Waals surface area contributed by atoms with E-state index in [-0.39, 0.29) is 6.04 Å². The monoisotopic (exact) mass is 340 g/mol. The van der Waals surface area contributed by atoms with Crippen LogP contribution in [0.25, 0.3) is 11.3 Å². The standard InChI is InChI=1S/C19H28N6/c1-7-8-24-17(6)19(16(5)22-24)18-10-20-12-23(18)11-15(4)25-14(3)9-13(2)21-25/h9-10,12,15H,7-8,11H2,1-6H3/t15-/m0/s1. The van der Waals surface area contributed by atoms with Crippen LogP contribution in [0.15, 0.2) is 18.6 Å². The van der Waals surface area contributed by atoms with Gasteiger partial charge in [-0.2, -0.15) is 10.2 Å². The van der Waals surface area contributed by atoms with E-state index in [1.807, 2.05) is 19.4 Å². The second kappa shape index (κ2) is 6.86. The molecule has 0 spiro atoms. The van der Waals surface area contributed by atoms with Crippen molar-refractivity contribution in [1.82, 2.24) is 29.1 Å². The molecule has 0 fully saturated rings. The van der Waals surface area contributed by atoms with E-state index in [0.717, 1.165) is 36.6 Å². The van der Waals surface area contributed by atoms with Crippen molar-refractivity contribution in [2.45, 2.75) is 67.1 Å². The van der Waals surface area contributed by atoms with Crippen molar-refractivity contribution >= 4 is 0 Å². The van der Waals surface area contributed by atoms with Gasteiger partial charge in [-0.1, -0.05) is 6.92 Å². The normalized spacial score (nSPS) is 12.7. The van der Waals surface area contributed by atoms with Crippen LogP contribution in [0.2, 0.25) is 0 Å². The smallest absolute Gasteiger partial charge is 0.0951 e. The molecule has 0 aliphatic rings. The maximum atomic E-state index is 4.71. The number of aromatic nitrogens is 6. The van der Waals surface area contributed by atoms with E-state index in [2.05, 4.69) is 64.7 Å². The van der Waals surface area contributed by atoms with Gasteiger partial charge in [-0.3, -0.25) is 9.36 Å². The minimum Gasteiger partial charge on any atom is -0.328 e. The minimum atomic E-state index is 0.257. The quantitative estimate of drug-likeness (QED) is 0.685. The summed E-state index contributed by atoms with van der Waals surface area (Å²) >= 11 is 0. The van der Waals surface area contributed by atoms with Gasteiger partial charge in [-0.15, -0.1) is 0 Å². The van der Waals surface area contributed by atoms with Crippen LogP contribution in [0.1, 0.15) is 49.1 Å². The van der Waals surface area contributed by atoms with Gasteiger partial charge in [0.05, 0.1) is 35.6 Å². The zero-order valence-corrected chi connectivity index (χ0v) is 16.1. The summed E-state index contributed by atoms with van der Waals surface area (Å²) in [5.41, 5.74) is 6.85. The van der Waals surface area contributed by atoms with Crippen LogP contribution in [0.4, 0.5) is 0 Å². The molecule has 3 rings (SSSR count). The van der Waals surface area contributed by atoms with Crippen molar-refractivity contribution in [3.63, 3.8) is 0 Å². The Kier molecular flexibility index (Phi) is 4.79. The van der Waals surface area contributed by atoms with Crippen LogP contribution in [0, 0.1) is 27.7 Å². The van der Waals surface area contributed by atoms with Crippen LogP contribution in [-0.2, 0) is 13.1 Å². The summed E-state index contributed by atoms with van der Waals surface area (Å²) in [7, 11) is 0. The van der Waals surface area contributed by atoms with Gasteiger partial charge >= 0.3 is 0 Å². The molecule has 25 heavy (non-hydrogen) atoms. The molecule has 3 aromatic rings. The van der Waals surface area contributed by atoms with Crippen molar-refractivity contribution in [2.24, 2.45) is 0 Å². The van der Waals surface area contributed by atoms with Crippen LogP contribution >= 0.6 is 0 Å². The fourth-order valence-electron chi connectivity index (χ4n) is 3.63. The largest absolute Gasteiger partial charge is 0.328 e. The van der Waals surface area contributed by atoms with Crippen molar-refractivity contribution < 1.29 is 0 Å². The Hall–Kier alpha value is -2.37. The Morgan fingerprint density at radius 1 is 1.12 bits per heavy atom. The molecule has 3 aromatic heterocycles. The summed E-state index contributed by atoms with van der Waals surface area (Å²) in [6.45, 7) is 14.5. The molecule has 0 aromatic carbocycles. The second-order valence-electron chi connectivity index (χ2n) is 6.92. The first kappa shape index (κ1) is 17.5. The summed E-state index contributed by atoms with van der Waals surface area (Å²) in [5, 5.41) is 9.33. The molecule has 0 N–H and O–H groups in total. The molecule has 0 unspecified atom stereocenters. The van der Waals surface area contributed by atoms with E-state index in [0.29, 0.717) is 0 Å². The average molecular weight is 340 g/mol. The van der Waals surface area contributed by atoms with Gasteiger partial charge in [0, 0.05) is 30.0 Å². The number of rotatable bonds is 6. The van der Waals surface area contributed by atoms with Crippen molar-refractivity contribution in [2.75, 3.05) is 0 Å². The topological polar surface area (TPSA) is 53.5 Å². The van der Waals surface area contributed by atoms with Gasteiger partial charge in [0.1, 0.15) is 0 Å². The highest BCUT2D eigenvalue weighted by Gasteiger charge is 2.18. The third-order valence-electron chi connectivity index (χ3n) is 4.71. The Balaban J connectivity index is 1.92. The zero-order valence-electron chi connectivity index (χ0n) is 16.1. The highest BCUT2D eigenvalue weighted by atomic mass is 15.3. The zero-order chi connectivity index (χ0) is 18.1. The molecule has 0 saturated carbocycles. The third kappa shape index (κ3) is 3.25. The van der Waals surface area contributed by atoms with E-state index in [1.54, 1.807) is 0 Å². The Labute approximate surface area is 149 Å². The molecular weight excluding hydrogens is 312 g/mol. The Morgan fingerprint density at radius 2 is 1.88 bits per heavy atom. The molecule has 0 bridgehead atoms. The summed E-state index contributed by atoms with van der Waals surface area (Å²) < 4.78 is 6.42. The summed E-state index contributed by atoms with van der Waals surface area (Å²) in [5.74, 6) is 0. The molecule has 0 saturated heterocycles. The lowest BCUT2D eigenvalue weighted by Crippen LogP contribution is -2.16. The Morgan fingerprint density at radius 3 is 2.52 bits per heavy atom. The van der Waals surface area contributed by atoms with Gasteiger partial charge in [0.15, 0.2) is 0 Å². The second-order valence-corrected chi connectivity index (χ2v) is 6.92. The fourth-order valence-corrected chi connectivity index (χ4v) is 3.63. The number of imidazole rings is 1. The van der Waals surface area contributed by atoms with Gasteiger partial charge in [-0.05, 0) is 47.1 Å². The number of nitrogens with zero attached hydrogens (tertiary/aromatic N) is 6. The lowest BCUT2D eigenvalue weighted by atomic mass is 10.1. The molecular formula is C19H28N6. The van der Waals surface area contributed by atoms with Crippen molar-refractivity contribution in [3.8, 4) is 11.3 Å². The molecule has 0 aliphatic carbocycles.